The maximum Gasteiger partial charge on any atom is 0.243 e. The molecule has 146 valence electrons. The molecule has 1 unspecified atom stereocenters. The third-order valence-corrected chi connectivity index (χ3v) is 7.13. The molecular weight excluding hydrogens is 384 g/mol. The Morgan fingerprint density at radius 3 is 2.63 bits per heavy atom. The summed E-state index contributed by atoms with van der Waals surface area (Å²) < 4.78 is 33.4. The van der Waals surface area contributed by atoms with E-state index >= 15 is 0 Å². The maximum absolute atomic E-state index is 13.2. The molecule has 0 aromatic heterocycles. The van der Waals surface area contributed by atoms with Gasteiger partial charge < -0.3 is 9.64 Å². The first-order valence-electron chi connectivity index (χ1n) is 8.93. The molecule has 0 radical (unpaired) electrons. The van der Waals surface area contributed by atoms with Crippen molar-refractivity contribution in [2.75, 3.05) is 34.3 Å². The molecule has 0 aliphatic carbocycles. The lowest BCUT2D eigenvalue weighted by atomic mass is 10.0. The number of methoxy groups -OCH3 is 1. The molecule has 1 saturated heterocycles. The molecule has 0 spiro atoms. The molecule has 0 bridgehead atoms. The third kappa shape index (κ3) is 4.29. The molecule has 0 saturated carbocycles. The Kier molecular flexibility index (Phi) is 6.11. The summed E-state index contributed by atoms with van der Waals surface area (Å²) in [5, 5.41) is 0.620. The van der Waals surface area contributed by atoms with Gasteiger partial charge in [0, 0.05) is 35.8 Å². The van der Waals surface area contributed by atoms with Crippen LogP contribution in [0.4, 0.5) is 0 Å². The lowest BCUT2D eigenvalue weighted by Crippen LogP contribution is -2.47. The van der Waals surface area contributed by atoms with Gasteiger partial charge in [-0.1, -0.05) is 23.7 Å². The maximum atomic E-state index is 13.2. The SMILES string of the molecule is COc1cc(S(=O)(=O)N2CCCC(N(C)C)C2)ccc1-c1cccc(Cl)c1. The summed E-state index contributed by atoms with van der Waals surface area (Å²) in [6.07, 6.45) is 1.87. The minimum Gasteiger partial charge on any atom is -0.496 e. The number of hydrogen-bond acceptors (Lipinski definition) is 4. The summed E-state index contributed by atoms with van der Waals surface area (Å²) >= 11 is 6.09. The second-order valence-electron chi connectivity index (χ2n) is 7.00. The van der Waals surface area contributed by atoms with Crippen molar-refractivity contribution in [2.45, 2.75) is 23.8 Å². The van der Waals surface area contributed by atoms with E-state index in [0.29, 0.717) is 23.9 Å². The highest BCUT2D eigenvalue weighted by Crippen LogP contribution is 2.34. The summed E-state index contributed by atoms with van der Waals surface area (Å²) in [4.78, 5) is 2.34. The fourth-order valence-corrected chi connectivity index (χ4v) is 5.16. The molecule has 0 N–H and O–H groups in total. The van der Waals surface area contributed by atoms with E-state index in [0.717, 1.165) is 24.0 Å². The summed E-state index contributed by atoms with van der Waals surface area (Å²) in [6, 6.07) is 12.7. The highest BCUT2D eigenvalue weighted by atomic mass is 35.5. The minimum atomic E-state index is -3.57. The average Bonchev–Trinajstić information content (AvgIpc) is 2.67. The highest BCUT2D eigenvalue weighted by molar-refractivity contribution is 7.89. The zero-order valence-electron chi connectivity index (χ0n) is 15.9. The van der Waals surface area contributed by atoms with Gasteiger partial charge in [0.1, 0.15) is 5.75 Å². The standard InChI is InChI=1S/C20H25ClN2O3S/c1-22(2)17-8-5-11-23(14-17)27(24,25)18-9-10-19(20(13-18)26-3)15-6-4-7-16(21)12-15/h4,6-7,9-10,12-13,17H,5,8,11,14H2,1-3H3. The monoisotopic (exact) mass is 408 g/mol. The van der Waals surface area contributed by atoms with E-state index < -0.39 is 10.0 Å². The number of likely N-dealkylation sites (N-methyl/N-ethyl adjacent to an activating group) is 1. The van der Waals surface area contributed by atoms with Crippen molar-refractivity contribution in [3.05, 3.63) is 47.5 Å². The summed E-state index contributed by atoms with van der Waals surface area (Å²) in [5.41, 5.74) is 1.69. The van der Waals surface area contributed by atoms with Gasteiger partial charge in [0.25, 0.3) is 0 Å². The van der Waals surface area contributed by atoms with Gasteiger partial charge in [-0.25, -0.2) is 8.42 Å². The Morgan fingerprint density at radius 2 is 1.96 bits per heavy atom. The highest BCUT2D eigenvalue weighted by Gasteiger charge is 2.31. The van der Waals surface area contributed by atoms with Crippen molar-refractivity contribution in [3.8, 4) is 16.9 Å². The fourth-order valence-electron chi connectivity index (χ4n) is 3.44. The van der Waals surface area contributed by atoms with Gasteiger partial charge in [-0.05, 0) is 56.8 Å². The van der Waals surface area contributed by atoms with Gasteiger partial charge in [-0.3, -0.25) is 0 Å². The molecule has 2 aromatic carbocycles. The van der Waals surface area contributed by atoms with E-state index in [1.165, 1.54) is 0 Å². The fraction of sp³-hybridized carbons (Fsp3) is 0.400. The van der Waals surface area contributed by atoms with Gasteiger partial charge in [0.05, 0.1) is 12.0 Å². The van der Waals surface area contributed by atoms with Crippen molar-refractivity contribution in [1.82, 2.24) is 9.21 Å². The zero-order valence-corrected chi connectivity index (χ0v) is 17.4. The Morgan fingerprint density at radius 1 is 1.19 bits per heavy atom. The molecule has 3 rings (SSSR count). The summed E-state index contributed by atoms with van der Waals surface area (Å²) in [6.45, 7) is 1.05. The number of hydrogen-bond donors (Lipinski definition) is 0. The Balaban J connectivity index is 1.95. The van der Waals surface area contributed by atoms with Crippen LogP contribution in [-0.4, -0.2) is 58.0 Å². The summed E-state index contributed by atoms with van der Waals surface area (Å²) in [7, 11) is 1.96. The largest absolute Gasteiger partial charge is 0.496 e. The van der Waals surface area contributed by atoms with Crippen LogP contribution in [0.1, 0.15) is 12.8 Å². The Hall–Kier alpha value is -1.60. The van der Waals surface area contributed by atoms with Crippen LogP contribution < -0.4 is 4.74 Å². The number of rotatable bonds is 5. The lowest BCUT2D eigenvalue weighted by molar-refractivity contribution is 0.190. The van der Waals surface area contributed by atoms with E-state index in [9.17, 15) is 8.42 Å². The predicted octanol–water partition coefficient (Wildman–Crippen LogP) is 3.73. The van der Waals surface area contributed by atoms with Crippen LogP contribution in [-0.2, 0) is 10.0 Å². The van der Waals surface area contributed by atoms with Crippen LogP contribution in [0.15, 0.2) is 47.4 Å². The molecule has 27 heavy (non-hydrogen) atoms. The first-order chi connectivity index (χ1) is 12.8. The van der Waals surface area contributed by atoms with E-state index in [2.05, 4.69) is 4.90 Å². The molecule has 1 heterocycles. The van der Waals surface area contributed by atoms with E-state index in [-0.39, 0.29) is 10.9 Å². The number of piperidine rings is 1. The number of halogens is 1. The van der Waals surface area contributed by atoms with Gasteiger partial charge in [0.15, 0.2) is 0 Å². The summed E-state index contributed by atoms with van der Waals surface area (Å²) in [5.74, 6) is 0.513. The minimum absolute atomic E-state index is 0.237. The molecule has 1 atom stereocenters. The Labute approximate surface area is 166 Å². The van der Waals surface area contributed by atoms with Crippen LogP contribution in [0.3, 0.4) is 0 Å². The number of sulfonamides is 1. The first kappa shape index (κ1) is 20.1. The topological polar surface area (TPSA) is 49.9 Å². The van der Waals surface area contributed by atoms with Crippen LogP contribution in [0, 0.1) is 0 Å². The number of benzene rings is 2. The molecule has 0 amide bonds. The molecule has 7 heteroatoms. The van der Waals surface area contributed by atoms with Crippen LogP contribution >= 0.6 is 11.6 Å². The van der Waals surface area contributed by atoms with Crippen LogP contribution in [0.25, 0.3) is 11.1 Å². The van der Waals surface area contributed by atoms with Crippen molar-refractivity contribution in [1.29, 1.82) is 0 Å². The second-order valence-corrected chi connectivity index (χ2v) is 9.37. The first-order valence-corrected chi connectivity index (χ1v) is 10.8. The van der Waals surface area contributed by atoms with Gasteiger partial charge in [-0.2, -0.15) is 4.31 Å². The molecular formula is C20H25ClN2O3S. The zero-order chi connectivity index (χ0) is 19.6. The smallest absolute Gasteiger partial charge is 0.243 e. The van der Waals surface area contributed by atoms with E-state index in [1.54, 1.807) is 35.7 Å². The van der Waals surface area contributed by atoms with Gasteiger partial charge in [0.2, 0.25) is 10.0 Å². The molecule has 5 nitrogen and oxygen atoms in total. The second kappa shape index (κ2) is 8.19. The molecule has 1 aliphatic heterocycles. The molecule has 1 aliphatic rings. The van der Waals surface area contributed by atoms with E-state index in [1.807, 2.05) is 32.3 Å². The van der Waals surface area contributed by atoms with Gasteiger partial charge in [-0.15, -0.1) is 0 Å². The van der Waals surface area contributed by atoms with Crippen molar-refractivity contribution in [2.24, 2.45) is 0 Å². The van der Waals surface area contributed by atoms with Crippen molar-refractivity contribution < 1.29 is 13.2 Å². The van der Waals surface area contributed by atoms with Crippen LogP contribution in [0.2, 0.25) is 5.02 Å². The Bertz CT molecular complexity index is 915. The van der Waals surface area contributed by atoms with Crippen LogP contribution in [0.5, 0.6) is 5.75 Å². The lowest BCUT2D eigenvalue weighted by Gasteiger charge is -2.35. The van der Waals surface area contributed by atoms with Crippen molar-refractivity contribution in [3.63, 3.8) is 0 Å². The quantitative estimate of drug-likeness (QED) is 0.756. The third-order valence-electron chi connectivity index (χ3n) is 5.04. The number of nitrogens with zero attached hydrogens (tertiary/aromatic N) is 2. The molecule has 2 aromatic rings. The van der Waals surface area contributed by atoms with Crippen molar-refractivity contribution >= 4 is 21.6 Å². The van der Waals surface area contributed by atoms with E-state index in [4.69, 9.17) is 16.3 Å². The number of ether oxygens (including phenoxy) is 1. The van der Waals surface area contributed by atoms with Gasteiger partial charge >= 0.3 is 0 Å². The average molecular weight is 409 g/mol. The predicted molar refractivity (Wildman–Crippen MR) is 109 cm³/mol. The molecule has 1 fully saturated rings. The normalized spacial score (nSPS) is 18.6.